The summed E-state index contributed by atoms with van der Waals surface area (Å²) in [5.41, 5.74) is 0.936. The van der Waals surface area contributed by atoms with Crippen molar-refractivity contribution in [1.82, 2.24) is 0 Å². The van der Waals surface area contributed by atoms with Crippen LogP contribution in [-0.4, -0.2) is 47.4 Å². The molecule has 0 aromatic rings. The SMILES string of the molecule is CO[C@H]1OC(=O)C(O)=C1[C@H]1C(C)=CC[C@@H]2[C@@]3(C)CC[C@H](O)[C@@](C)(CO)[C@@H]3CC[C@]12C. The summed E-state index contributed by atoms with van der Waals surface area (Å²) in [6.07, 6.45) is 5.17. The normalized spacial score (nSPS) is 48.7. The highest BCUT2D eigenvalue weighted by molar-refractivity contribution is 5.89. The minimum atomic E-state index is -0.858. The van der Waals surface area contributed by atoms with E-state index in [-0.39, 0.29) is 35.0 Å². The first-order chi connectivity index (χ1) is 14.0. The van der Waals surface area contributed by atoms with Crippen molar-refractivity contribution in [3.63, 3.8) is 0 Å². The maximum atomic E-state index is 12.1. The number of hydrogen-bond acceptors (Lipinski definition) is 6. The van der Waals surface area contributed by atoms with Crippen LogP contribution in [0.3, 0.4) is 0 Å². The van der Waals surface area contributed by atoms with E-state index >= 15 is 0 Å². The first kappa shape index (κ1) is 21.8. The summed E-state index contributed by atoms with van der Waals surface area (Å²) in [6.45, 7) is 8.68. The Hall–Kier alpha value is -1.37. The van der Waals surface area contributed by atoms with E-state index in [1.807, 2.05) is 6.92 Å². The maximum Gasteiger partial charge on any atom is 0.376 e. The first-order valence-corrected chi connectivity index (χ1v) is 11.2. The van der Waals surface area contributed by atoms with Crippen LogP contribution in [0, 0.1) is 34.0 Å². The predicted molar refractivity (Wildman–Crippen MR) is 111 cm³/mol. The minimum Gasteiger partial charge on any atom is -0.502 e. The van der Waals surface area contributed by atoms with Gasteiger partial charge in [-0.1, -0.05) is 32.4 Å². The van der Waals surface area contributed by atoms with Gasteiger partial charge in [0.05, 0.1) is 18.3 Å². The Morgan fingerprint density at radius 2 is 1.83 bits per heavy atom. The molecule has 0 saturated heterocycles. The first-order valence-electron chi connectivity index (χ1n) is 11.2. The van der Waals surface area contributed by atoms with Gasteiger partial charge < -0.3 is 24.8 Å². The van der Waals surface area contributed by atoms with Crippen molar-refractivity contribution >= 4 is 5.97 Å². The van der Waals surface area contributed by atoms with E-state index in [9.17, 15) is 20.1 Å². The Morgan fingerprint density at radius 3 is 2.47 bits per heavy atom. The van der Waals surface area contributed by atoms with Gasteiger partial charge in [0.15, 0.2) is 0 Å². The number of allylic oxidation sites excluding steroid dienone is 2. The van der Waals surface area contributed by atoms with E-state index in [0.717, 1.165) is 31.3 Å². The van der Waals surface area contributed by atoms with Crippen LogP contribution < -0.4 is 0 Å². The van der Waals surface area contributed by atoms with Crippen molar-refractivity contribution in [2.45, 2.75) is 72.2 Å². The summed E-state index contributed by atoms with van der Waals surface area (Å²) in [4.78, 5) is 12.1. The molecule has 0 unspecified atom stereocenters. The van der Waals surface area contributed by atoms with Crippen molar-refractivity contribution in [3.05, 3.63) is 23.0 Å². The molecule has 6 heteroatoms. The molecule has 0 spiro atoms. The fourth-order valence-corrected chi connectivity index (χ4v) is 7.93. The highest BCUT2D eigenvalue weighted by Crippen LogP contribution is 2.69. The van der Waals surface area contributed by atoms with Crippen LogP contribution in [-0.2, 0) is 14.3 Å². The number of aliphatic hydroxyl groups excluding tert-OH is 3. The molecule has 2 saturated carbocycles. The van der Waals surface area contributed by atoms with Gasteiger partial charge in [-0.2, -0.15) is 0 Å². The second-order valence-electron chi connectivity index (χ2n) is 10.8. The molecule has 0 radical (unpaired) electrons. The van der Waals surface area contributed by atoms with Gasteiger partial charge in [-0.3, -0.25) is 0 Å². The van der Waals surface area contributed by atoms with E-state index in [0.29, 0.717) is 17.9 Å². The fraction of sp³-hybridized carbons (Fsp3) is 0.792. The van der Waals surface area contributed by atoms with Crippen molar-refractivity contribution in [2.75, 3.05) is 13.7 Å². The number of ether oxygens (including phenoxy) is 2. The largest absolute Gasteiger partial charge is 0.502 e. The molecule has 3 aliphatic carbocycles. The van der Waals surface area contributed by atoms with Crippen LogP contribution in [0.4, 0.5) is 0 Å². The maximum absolute atomic E-state index is 12.1. The van der Waals surface area contributed by atoms with Gasteiger partial charge in [0, 0.05) is 18.4 Å². The third-order valence-electron chi connectivity index (χ3n) is 9.46. The Bertz CT molecular complexity index is 802. The number of aliphatic hydroxyl groups is 3. The fourth-order valence-electron chi connectivity index (χ4n) is 7.93. The van der Waals surface area contributed by atoms with Crippen LogP contribution >= 0.6 is 0 Å². The van der Waals surface area contributed by atoms with Crippen molar-refractivity contribution < 1.29 is 29.6 Å². The van der Waals surface area contributed by atoms with E-state index in [1.165, 1.54) is 7.11 Å². The summed E-state index contributed by atoms with van der Waals surface area (Å²) in [5, 5.41) is 31.6. The standard InChI is InChI=1S/C24H36O6/c1-13-6-7-14-22(2)11-9-16(26)24(4,12-25)15(22)8-10-23(14,3)18(13)17-19(27)20(28)30-21(17)29-5/h6,14-16,18,21,25-27H,7-12H2,1-5H3/t14-,15-,16+,18-,21+,22-,23+,24+/m1/s1. The lowest BCUT2D eigenvalue weighted by atomic mass is 9.39. The molecule has 0 aromatic heterocycles. The highest BCUT2D eigenvalue weighted by Gasteiger charge is 2.64. The van der Waals surface area contributed by atoms with Crippen LogP contribution in [0.25, 0.3) is 0 Å². The molecule has 2 fully saturated rings. The molecule has 0 amide bonds. The van der Waals surface area contributed by atoms with Crippen molar-refractivity contribution in [2.24, 2.45) is 34.0 Å². The van der Waals surface area contributed by atoms with Gasteiger partial charge in [-0.05, 0) is 61.7 Å². The van der Waals surface area contributed by atoms with Gasteiger partial charge >= 0.3 is 5.97 Å². The van der Waals surface area contributed by atoms with E-state index in [2.05, 4.69) is 26.8 Å². The van der Waals surface area contributed by atoms with Gasteiger partial charge in [0.1, 0.15) is 0 Å². The summed E-state index contributed by atoms with van der Waals surface area (Å²) in [6, 6.07) is 0. The van der Waals surface area contributed by atoms with Crippen molar-refractivity contribution in [3.8, 4) is 0 Å². The second-order valence-corrected chi connectivity index (χ2v) is 10.8. The predicted octanol–water partition coefficient (Wildman–Crippen LogP) is 3.49. The Kier molecular flexibility index (Phi) is 5.15. The number of cyclic esters (lactones) is 1. The third-order valence-corrected chi connectivity index (χ3v) is 9.46. The zero-order chi connectivity index (χ0) is 22.1. The molecule has 0 aromatic carbocycles. The van der Waals surface area contributed by atoms with Gasteiger partial charge in [-0.15, -0.1) is 0 Å². The summed E-state index contributed by atoms with van der Waals surface area (Å²) >= 11 is 0. The van der Waals surface area contributed by atoms with E-state index < -0.39 is 23.8 Å². The van der Waals surface area contributed by atoms with Gasteiger partial charge in [-0.25, -0.2) is 4.79 Å². The number of fused-ring (bicyclic) bond motifs is 3. The molecule has 4 rings (SSSR count). The van der Waals surface area contributed by atoms with E-state index in [4.69, 9.17) is 9.47 Å². The quantitative estimate of drug-likeness (QED) is 0.478. The molecule has 8 atom stereocenters. The molecule has 6 nitrogen and oxygen atoms in total. The number of rotatable bonds is 3. The summed E-state index contributed by atoms with van der Waals surface area (Å²) in [5.74, 6) is -0.662. The molecule has 3 N–H and O–H groups in total. The number of carbonyl (C=O) groups excluding carboxylic acids is 1. The van der Waals surface area contributed by atoms with Gasteiger partial charge in [0.2, 0.25) is 12.0 Å². The average Bonchev–Trinajstić information content (AvgIpc) is 2.98. The number of esters is 1. The molecular formula is C24H36O6. The molecular weight excluding hydrogens is 384 g/mol. The zero-order valence-electron chi connectivity index (χ0n) is 18.8. The Labute approximate surface area is 179 Å². The topological polar surface area (TPSA) is 96.2 Å². The van der Waals surface area contributed by atoms with Crippen LogP contribution in [0.5, 0.6) is 0 Å². The minimum absolute atomic E-state index is 0.0177. The summed E-state index contributed by atoms with van der Waals surface area (Å²) < 4.78 is 10.7. The summed E-state index contributed by atoms with van der Waals surface area (Å²) in [7, 11) is 1.49. The smallest absolute Gasteiger partial charge is 0.376 e. The molecule has 30 heavy (non-hydrogen) atoms. The van der Waals surface area contributed by atoms with Crippen LogP contribution in [0.1, 0.15) is 59.8 Å². The van der Waals surface area contributed by atoms with Crippen molar-refractivity contribution in [1.29, 1.82) is 0 Å². The van der Waals surface area contributed by atoms with Crippen LogP contribution in [0.2, 0.25) is 0 Å². The zero-order valence-corrected chi connectivity index (χ0v) is 18.8. The Balaban J connectivity index is 1.81. The van der Waals surface area contributed by atoms with Gasteiger partial charge in [0.25, 0.3) is 0 Å². The third kappa shape index (κ3) is 2.69. The lowest BCUT2D eigenvalue weighted by Crippen LogP contribution is -2.62. The average molecular weight is 421 g/mol. The molecule has 1 heterocycles. The Morgan fingerprint density at radius 1 is 1.17 bits per heavy atom. The molecule has 1 aliphatic heterocycles. The lowest BCUT2D eigenvalue weighted by Gasteiger charge is -2.66. The number of hydrogen-bond donors (Lipinski definition) is 3. The lowest BCUT2D eigenvalue weighted by molar-refractivity contribution is -0.197. The monoisotopic (exact) mass is 420 g/mol. The van der Waals surface area contributed by atoms with E-state index in [1.54, 1.807) is 0 Å². The molecule has 0 bridgehead atoms. The highest BCUT2D eigenvalue weighted by atomic mass is 16.7. The number of methoxy groups -OCH3 is 1. The second kappa shape index (κ2) is 7.07. The van der Waals surface area contributed by atoms with Crippen LogP contribution in [0.15, 0.2) is 23.0 Å². The molecule has 4 aliphatic rings. The number of carbonyl (C=O) groups is 1. The molecule has 168 valence electrons.